The first-order valence-corrected chi connectivity index (χ1v) is 4.52. The van der Waals surface area contributed by atoms with E-state index < -0.39 is 17.5 Å². The molecule has 0 saturated heterocycles. The largest absolute Gasteiger partial charge is 0.508 e. The van der Waals surface area contributed by atoms with Crippen LogP contribution in [0, 0.1) is 17.5 Å². The summed E-state index contributed by atoms with van der Waals surface area (Å²) >= 11 is 0. The third kappa shape index (κ3) is 1.86. The van der Waals surface area contributed by atoms with E-state index in [4.69, 9.17) is 5.11 Å². The molecule has 0 aliphatic rings. The molecule has 1 N–H and O–H groups in total. The quantitative estimate of drug-likeness (QED) is 0.786. The lowest BCUT2D eigenvalue weighted by Gasteiger charge is -2.04. The van der Waals surface area contributed by atoms with E-state index >= 15 is 0 Å². The smallest absolute Gasteiger partial charge is 0.159 e. The summed E-state index contributed by atoms with van der Waals surface area (Å²) < 4.78 is 39.0. The molecular formula is C12H7F3O. The molecule has 1 nitrogen and oxygen atoms in total. The molecule has 0 aliphatic heterocycles. The molecule has 82 valence electrons. The van der Waals surface area contributed by atoms with Crippen molar-refractivity contribution in [3.8, 4) is 16.9 Å². The first-order chi connectivity index (χ1) is 7.58. The Hall–Kier alpha value is -1.97. The van der Waals surface area contributed by atoms with Crippen molar-refractivity contribution in [1.82, 2.24) is 0 Å². The van der Waals surface area contributed by atoms with Crippen LogP contribution in [0.2, 0.25) is 0 Å². The molecule has 0 saturated carbocycles. The van der Waals surface area contributed by atoms with Crippen LogP contribution in [0.4, 0.5) is 13.2 Å². The maximum Gasteiger partial charge on any atom is 0.159 e. The van der Waals surface area contributed by atoms with E-state index in [-0.39, 0.29) is 16.9 Å². The fraction of sp³-hybridized carbons (Fsp3) is 0. The average molecular weight is 224 g/mol. The van der Waals surface area contributed by atoms with Gasteiger partial charge in [0.2, 0.25) is 0 Å². The molecule has 0 fully saturated rings. The van der Waals surface area contributed by atoms with Gasteiger partial charge in [-0.1, -0.05) is 6.07 Å². The zero-order chi connectivity index (χ0) is 11.7. The molecule has 0 spiro atoms. The number of hydrogen-bond donors (Lipinski definition) is 1. The number of halogens is 3. The van der Waals surface area contributed by atoms with Crippen LogP contribution >= 0.6 is 0 Å². The first-order valence-electron chi connectivity index (χ1n) is 4.52. The van der Waals surface area contributed by atoms with E-state index in [0.717, 1.165) is 18.2 Å². The lowest BCUT2D eigenvalue weighted by molar-refractivity contribution is 0.469. The van der Waals surface area contributed by atoms with E-state index in [0.29, 0.717) is 0 Å². The molecule has 2 aromatic carbocycles. The van der Waals surface area contributed by atoms with Crippen LogP contribution in [-0.4, -0.2) is 5.11 Å². The fourth-order valence-electron chi connectivity index (χ4n) is 1.40. The Kier molecular flexibility index (Phi) is 2.56. The van der Waals surface area contributed by atoms with Crippen molar-refractivity contribution in [2.45, 2.75) is 0 Å². The van der Waals surface area contributed by atoms with E-state index in [1.54, 1.807) is 0 Å². The molecule has 0 heterocycles. The Morgan fingerprint density at radius 1 is 0.750 bits per heavy atom. The summed E-state index contributed by atoms with van der Waals surface area (Å²) in [6.45, 7) is 0. The van der Waals surface area contributed by atoms with Gasteiger partial charge in [0.15, 0.2) is 11.6 Å². The second-order valence-corrected chi connectivity index (χ2v) is 3.29. The zero-order valence-electron chi connectivity index (χ0n) is 8.05. The van der Waals surface area contributed by atoms with Gasteiger partial charge in [0, 0.05) is 11.6 Å². The minimum absolute atomic E-state index is 0.108. The van der Waals surface area contributed by atoms with Crippen molar-refractivity contribution in [1.29, 1.82) is 0 Å². The molecule has 2 rings (SSSR count). The molecule has 4 heteroatoms. The molecule has 0 aromatic heterocycles. The van der Waals surface area contributed by atoms with Crippen molar-refractivity contribution in [2.24, 2.45) is 0 Å². The van der Waals surface area contributed by atoms with Gasteiger partial charge in [-0.05, 0) is 29.8 Å². The number of benzene rings is 2. The number of aromatic hydroxyl groups is 1. The van der Waals surface area contributed by atoms with Crippen molar-refractivity contribution in [3.63, 3.8) is 0 Å². The van der Waals surface area contributed by atoms with Gasteiger partial charge in [-0.25, -0.2) is 13.2 Å². The number of phenolic OH excluding ortho intramolecular Hbond substituents is 1. The second-order valence-electron chi connectivity index (χ2n) is 3.29. The van der Waals surface area contributed by atoms with Gasteiger partial charge < -0.3 is 5.11 Å². The van der Waals surface area contributed by atoms with Gasteiger partial charge in [-0.3, -0.25) is 0 Å². The van der Waals surface area contributed by atoms with E-state index in [2.05, 4.69) is 0 Å². The van der Waals surface area contributed by atoms with Crippen molar-refractivity contribution in [3.05, 3.63) is 53.8 Å². The van der Waals surface area contributed by atoms with Crippen LogP contribution in [0.3, 0.4) is 0 Å². The summed E-state index contributed by atoms with van der Waals surface area (Å²) in [6, 6.07) is 6.60. The Morgan fingerprint density at radius 3 is 2.12 bits per heavy atom. The van der Waals surface area contributed by atoms with Crippen molar-refractivity contribution in [2.75, 3.05) is 0 Å². The molecule has 16 heavy (non-hydrogen) atoms. The van der Waals surface area contributed by atoms with Crippen molar-refractivity contribution < 1.29 is 18.3 Å². The van der Waals surface area contributed by atoms with Gasteiger partial charge in [0.1, 0.15) is 11.6 Å². The predicted octanol–water partition coefficient (Wildman–Crippen LogP) is 3.48. The summed E-state index contributed by atoms with van der Waals surface area (Å²) in [4.78, 5) is 0. The fourth-order valence-corrected chi connectivity index (χ4v) is 1.40. The predicted molar refractivity (Wildman–Crippen MR) is 53.4 cm³/mol. The van der Waals surface area contributed by atoms with Gasteiger partial charge in [-0.15, -0.1) is 0 Å². The molecule has 0 unspecified atom stereocenters. The van der Waals surface area contributed by atoms with Crippen molar-refractivity contribution >= 4 is 0 Å². The minimum atomic E-state index is -1.04. The minimum Gasteiger partial charge on any atom is -0.508 e. The highest BCUT2D eigenvalue weighted by molar-refractivity contribution is 5.64. The lowest BCUT2D eigenvalue weighted by Crippen LogP contribution is -1.88. The Balaban J connectivity index is 2.54. The van der Waals surface area contributed by atoms with Crippen LogP contribution in [0.15, 0.2) is 36.4 Å². The van der Waals surface area contributed by atoms with Crippen LogP contribution in [-0.2, 0) is 0 Å². The summed E-state index contributed by atoms with van der Waals surface area (Å²) in [5, 5.41) is 9.01. The zero-order valence-corrected chi connectivity index (χ0v) is 8.05. The highest BCUT2D eigenvalue weighted by Gasteiger charge is 2.09. The van der Waals surface area contributed by atoms with Crippen LogP contribution in [0.25, 0.3) is 11.1 Å². The monoisotopic (exact) mass is 224 g/mol. The summed E-state index contributed by atoms with van der Waals surface area (Å²) in [7, 11) is 0. The third-order valence-electron chi connectivity index (χ3n) is 2.18. The third-order valence-corrected chi connectivity index (χ3v) is 2.18. The van der Waals surface area contributed by atoms with Gasteiger partial charge in [-0.2, -0.15) is 0 Å². The van der Waals surface area contributed by atoms with Crippen LogP contribution < -0.4 is 0 Å². The van der Waals surface area contributed by atoms with Gasteiger partial charge in [0.05, 0.1) is 0 Å². The molecule has 0 aliphatic carbocycles. The van der Waals surface area contributed by atoms with E-state index in [1.165, 1.54) is 18.2 Å². The molecule has 0 amide bonds. The molecular weight excluding hydrogens is 217 g/mol. The molecule has 0 bridgehead atoms. The SMILES string of the molecule is Oc1ccc(-c2ccc(F)c(F)c2)c(F)c1. The number of rotatable bonds is 1. The average Bonchev–Trinajstić information content (AvgIpc) is 2.22. The molecule has 0 radical (unpaired) electrons. The number of hydrogen-bond acceptors (Lipinski definition) is 1. The van der Waals surface area contributed by atoms with Gasteiger partial charge >= 0.3 is 0 Å². The lowest BCUT2D eigenvalue weighted by atomic mass is 10.0. The van der Waals surface area contributed by atoms with Crippen LogP contribution in [0.5, 0.6) is 5.75 Å². The van der Waals surface area contributed by atoms with E-state index in [9.17, 15) is 13.2 Å². The summed E-state index contributed by atoms with van der Waals surface area (Å²) in [5.41, 5.74) is 0.327. The maximum atomic E-state index is 13.4. The Labute approximate surface area is 89.8 Å². The van der Waals surface area contributed by atoms with Gasteiger partial charge in [0.25, 0.3) is 0 Å². The first kappa shape index (κ1) is 10.5. The summed E-state index contributed by atoms with van der Waals surface area (Å²) in [5.74, 6) is -2.93. The van der Waals surface area contributed by atoms with Crippen LogP contribution in [0.1, 0.15) is 0 Å². The van der Waals surface area contributed by atoms with E-state index in [1.807, 2.05) is 0 Å². The second kappa shape index (κ2) is 3.89. The highest BCUT2D eigenvalue weighted by Crippen LogP contribution is 2.26. The normalized spacial score (nSPS) is 10.4. The maximum absolute atomic E-state index is 13.4. The Morgan fingerprint density at radius 2 is 1.50 bits per heavy atom. The Bertz CT molecular complexity index is 538. The summed E-state index contributed by atoms with van der Waals surface area (Å²) in [6.07, 6.45) is 0. The highest BCUT2D eigenvalue weighted by atomic mass is 19.2. The molecule has 0 atom stereocenters. The topological polar surface area (TPSA) is 20.2 Å². The standard InChI is InChI=1S/C12H7F3O/c13-10-4-1-7(5-12(10)15)9-3-2-8(16)6-11(9)14/h1-6,16H. The molecule has 2 aromatic rings. The number of phenols is 1.